The van der Waals surface area contributed by atoms with Gasteiger partial charge >= 0.3 is 0 Å². The van der Waals surface area contributed by atoms with Gasteiger partial charge in [0, 0.05) is 33.1 Å². The average Bonchev–Trinajstić information content (AvgIpc) is 3.17. The van der Waals surface area contributed by atoms with Crippen molar-refractivity contribution in [2.75, 3.05) is 67.7 Å². The van der Waals surface area contributed by atoms with Crippen LogP contribution in [0.1, 0.15) is 6.92 Å². The van der Waals surface area contributed by atoms with Crippen LogP contribution in [0.15, 0.2) is 24.3 Å². The van der Waals surface area contributed by atoms with Crippen LogP contribution in [0.3, 0.4) is 0 Å². The molecule has 3 aromatic rings. The molecule has 2 aromatic heterocycles. The topological polar surface area (TPSA) is 111 Å². The number of nitrogens with one attached hydrogen (secondary N) is 1. The van der Waals surface area contributed by atoms with E-state index in [1.165, 1.54) is 6.92 Å². The zero-order valence-corrected chi connectivity index (χ0v) is 17.3. The largest absolute Gasteiger partial charge is 0.378 e. The summed E-state index contributed by atoms with van der Waals surface area (Å²) in [5.41, 5.74) is 1.55. The fraction of sp³-hybridized carbons (Fsp3) is 0.450. The number of fused-ring (bicyclic) bond motifs is 1. The van der Waals surface area contributed by atoms with E-state index >= 15 is 0 Å². The predicted octanol–water partition coefficient (Wildman–Crippen LogP) is 0.842. The van der Waals surface area contributed by atoms with E-state index in [0.717, 1.165) is 11.0 Å². The number of hydrogen-bond acceptors (Lipinski definition) is 9. The summed E-state index contributed by atoms with van der Waals surface area (Å²) in [5.74, 6) is 1.74. The molecule has 2 aliphatic heterocycles. The van der Waals surface area contributed by atoms with Gasteiger partial charge in [0.25, 0.3) is 0 Å². The van der Waals surface area contributed by atoms with Crippen molar-refractivity contribution in [2.45, 2.75) is 6.92 Å². The van der Waals surface area contributed by atoms with Gasteiger partial charge in [-0.25, -0.2) is 9.55 Å². The Morgan fingerprint density at radius 1 is 0.839 bits per heavy atom. The molecule has 2 aliphatic rings. The molecule has 0 atom stereocenters. The molecule has 5 rings (SSSR count). The van der Waals surface area contributed by atoms with Crippen molar-refractivity contribution in [3.05, 3.63) is 24.3 Å². The van der Waals surface area contributed by atoms with Crippen LogP contribution in [0.4, 0.5) is 17.8 Å². The lowest BCUT2D eigenvalue weighted by Gasteiger charge is -2.30. The van der Waals surface area contributed by atoms with Gasteiger partial charge in [-0.05, 0) is 12.1 Å². The fourth-order valence-electron chi connectivity index (χ4n) is 3.72. The lowest BCUT2D eigenvalue weighted by molar-refractivity contribution is -0.114. The number of anilines is 3. The minimum Gasteiger partial charge on any atom is -0.378 e. The van der Waals surface area contributed by atoms with Crippen molar-refractivity contribution in [3.63, 3.8) is 0 Å². The summed E-state index contributed by atoms with van der Waals surface area (Å²) in [6.07, 6.45) is 0. The molecule has 11 nitrogen and oxygen atoms in total. The number of imidazole rings is 1. The maximum atomic E-state index is 11.8. The van der Waals surface area contributed by atoms with Gasteiger partial charge in [-0.15, -0.1) is 0 Å². The molecule has 0 unspecified atom stereocenters. The van der Waals surface area contributed by atoms with Crippen molar-refractivity contribution in [3.8, 4) is 5.95 Å². The maximum absolute atomic E-state index is 11.8. The number of nitrogens with zero attached hydrogens (tertiary/aromatic N) is 7. The number of hydrogen-bond donors (Lipinski definition) is 1. The van der Waals surface area contributed by atoms with E-state index in [9.17, 15) is 4.79 Å². The average molecular weight is 424 g/mol. The third-order valence-corrected chi connectivity index (χ3v) is 5.24. The molecule has 1 N–H and O–H groups in total. The number of amides is 1. The van der Waals surface area contributed by atoms with Gasteiger partial charge in [0.05, 0.1) is 37.5 Å². The first-order chi connectivity index (χ1) is 15.2. The van der Waals surface area contributed by atoms with Crippen LogP contribution in [0.5, 0.6) is 0 Å². The van der Waals surface area contributed by atoms with Gasteiger partial charge in [0.1, 0.15) is 0 Å². The molecule has 2 saturated heterocycles. The molecule has 162 valence electrons. The van der Waals surface area contributed by atoms with Crippen LogP contribution in [0.25, 0.3) is 17.0 Å². The molecule has 31 heavy (non-hydrogen) atoms. The summed E-state index contributed by atoms with van der Waals surface area (Å²) in [7, 11) is 0. The van der Waals surface area contributed by atoms with Crippen LogP contribution >= 0.6 is 0 Å². The summed E-state index contributed by atoms with van der Waals surface area (Å²) in [4.78, 5) is 34.9. The Kier molecular flexibility index (Phi) is 5.35. The quantitative estimate of drug-likeness (QED) is 0.651. The minimum absolute atomic E-state index is 0.215. The smallest absolute Gasteiger partial charge is 0.243 e. The molecule has 0 bridgehead atoms. The molecule has 0 spiro atoms. The molecule has 4 heterocycles. The summed E-state index contributed by atoms with van der Waals surface area (Å²) in [6.45, 7) is 6.76. The second kappa shape index (κ2) is 8.44. The summed E-state index contributed by atoms with van der Waals surface area (Å²) in [5, 5.41) is 2.80. The van der Waals surface area contributed by atoms with E-state index in [4.69, 9.17) is 24.4 Å². The lowest BCUT2D eigenvalue weighted by atomic mass is 10.3. The van der Waals surface area contributed by atoms with Crippen LogP contribution in [0.2, 0.25) is 0 Å². The Bertz CT molecular complexity index is 1050. The molecule has 0 saturated carbocycles. The predicted molar refractivity (Wildman–Crippen MR) is 115 cm³/mol. The Morgan fingerprint density at radius 3 is 1.97 bits per heavy atom. The highest BCUT2D eigenvalue weighted by Gasteiger charge is 2.23. The van der Waals surface area contributed by atoms with E-state index < -0.39 is 0 Å². The van der Waals surface area contributed by atoms with Crippen molar-refractivity contribution in [2.24, 2.45) is 0 Å². The van der Waals surface area contributed by atoms with Crippen molar-refractivity contribution >= 4 is 34.8 Å². The van der Waals surface area contributed by atoms with E-state index in [1.807, 2.05) is 24.3 Å². The second-order valence-corrected chi connectivity index (χ2v) is 7.37. The third-order valence-electron chi connectivity index (χ3n) is 5.24. The SMILES string of the molecule is CC(=O)Nc1nc2ccccc2n1-c1nc(N2CCOCC2)nc(N2CCOCC2)n1. The second-order valence-electron chi connectivity index (χ2n) is 7.37. The highest BCUT2D eigenvalue weighted by Crippen LogP contribution is 2.26. The number of carbonyl (C=O) groups excluding carboxylic acids is 1. The number of carbonyl (C=O) groups is 1. The lowest BCUT2D eigenvalue weighted by Crippen LogP contribution is -2.40. The van der Waals surface area contributed by atoms with Crippen molar-refractivity contribution in [1.29, 1.82) is 0 Å². The molecule has 1 aromatic carbocycles. The summed E-state index contributed by atoms with van der Waals surface area (Å²) in [6, 6.07) is 7.65. The highest BCUT2D eigenvalue weighted by molar-refractivity contribution is 5.90. The summed E-state index contributed by atoms with van der Waals surface area (Å²) >= 11 is 0. The molecule has 2 fully saturated rings. The first kappa shape index (κ1) is 19.6. The van der Waals surface area contributed by atoms with E-state index in [0.29, 0.717) is 76.4 Å². The van der Waals surface area contributed by atoms with Gasteiger partial charge in [-0.3, -0.25) is 10.1 Å². The number of rotatable bonds is 4. The standard InChI is InChI=1S/C20H24N8O3/c1-14(29)21-19-22-15-4-2-3-5-16(15)28(19)20-24-17(26-6-10-30-11-7-26)23-18(25-20)27-8-12-31-13-9-27/h2-5H,6-13H2,1H3,(H,21,22,29). The Hall–Kier alpha value is -3.31. The Morgan fingerprint density at radius 2 is 1.39 bits per heavy atom. The maximum Gasteiger partial charge on any atom is 0.243 e. The van der Waals surface area contributed by atoms with Gasteiger partial charge in [0.15, 0.2) is 0 Å². The van der Waals surface area contributed by atoms with Gasteiger partial charge < -0.3 is 19.3 Å². The first-order valence-electron chi connectivity index (χ1n) is 10.4. The Balaban J connectivity index is 1.66. The van der Waals surface area contributed by atoms with Crippen molar-refractivity contribution < 1.29 is 14.3 Å². The zero-order chi connectivity index (χ0) is 21.2. The minimum atomic E-state index is -0.215. The third kappa shape index (κ3) is 4.01. The number of ether oxygens (including phenoxy) is 2. The fourth-order valence-corrected chi connectivity index (χ4v) is 3.72. The van der Waals surface area contributed by atoms with Crippen molar-refractivity contribution in [1.82, 2.24) is 24.5 Å². The van der Waals surface area contributed by atoms with Gasteiger partial charge in [-0.1, -0.05) is 12.1 Å². The Labute approximate surface area is 179 Å². The normalized spacial score (nSPS) is 17.2. The molecule has 11 heteroatoms. The molecule has 1 amide bonds. The van der Waals surface area contributed by atoms with E-state index in [-0.39, 0.29) is 5.91 Å². The van der Waals surface area contributed by atoms with E-state index in [2.05, 4.69) is 20.1 Å². The number of para-hydroxylation sites is 2. The molecule has 0 radical (unpaired) electrons. The van der Waals surface area contributed by atoms with Crippen LogP contribution < -0.4 is 15.1 Å². The zero-order valence-electron chi connectivity index (χ0n) is 17.3. The number of aromatic nitrogens is 5. The highest BCUT2D eigenvalue weighted by atomic mass is 16.5. The number of morpholine rings is 2. The monoisotopic (exact) mass is 424 g/mol. The van der Waals surface area contributed by atoms with Crippen LogP contribution in [0, 0.1) is 0 Å². The molecular weight excluding hydrogens is 400 g/mol. The van der Waals surface area contributed by atoms with Gasteiger partial charge in [0.2, 0.25) is 29.7 Å². The molecular formula is C20H24N8O3. The van der Waals surface area contributed by atoms with E-state index in [1.54, 1.807) is 4.57 Å². The number of benzene rings is 1. The van der Waals surface area contributed by atoms with Gasteiger partial charge in [-0.2, -0.15) is 15.0 Å². The first-order valence-corrected chi connectivity index (χ1v) is 10.4. The van der Waals surface area contributed by atoms with Crippen LogP contribution in [-0.2, 0) is 14.3 Å². The summed E-state index contributed by atoms with van der Waals surface area (Å²) < 4.78 is 12.7. The van der Waals surface area contributed by atoms with Crippen LogP contribution in [-0.4, -0.2) is 83.0 Å². The molecule has 0 aliphatic carbocycles.